The minimum absolute atomic E-state index is 0.496. The first-order chi connectivity index (χ1) is 8.63. The molecule has 0 spiro atoms. The molecule has 1 unspecified atom stereocenters. The van der Waals surface area contributed by atoms with Gasteiger partial charge in [-0.2, -0.15) is 5.26 Å². The van der Waals surface area contributed by atoms with Crippen LogP contribution in [-0.2, 0) is 10.8 Å². The zero-order chi connectivity index (χ0) is 13.1. The third kappa shape index (κ3) is 2.53. The Hall–Kier alpha value is -1.44. The highest BCUT2D eigenvalue weighted by molar-refractivity contribution is 9.10. The van der Waals surface area contributed by atoms with E-state index in [0.29, 0.717) is 15.4 Å². The van der Waals surface area contributed by atoms with Gasteiger partial charge in [0.15, 0.2) is 0 Å². The average Bonchev–Trinajstić information content (AvgIpc) is 2.37. The number of aryl methyl sites for hydroxylation is 1. The first kappa shape index (κ1) is 13.0. The quantitative estimate of drug-likeness (QED) is 0.844. The minimum Gasteiger partial charge on any atom is -0.249 e. The molecule has 90 valence electrons. The Balaban J connectivity index is 2.54. The molecular weight excluding hydrogens is 310 g/mol. The van der Waals surface area contributed by atoms with Crippen LogP contribution in [0.25, 0.3) is 0 Å². The average molecular weight is 320 g/mol. The molecule has 2 aromatic rings. The van der Waals surface area contributed by atoms with Gasteiger partial charge in [-0.05, 0) is 36.8 Å². The monoisotopic (exact) mass is 319 g/mol. The summed E-state index contributed by atoms with van der Waals surface area (Å²) in [6, 6.07) is 14.8. The van der Waals surface area contributed by atoms with Crippen LogP contribution in [0.3, 0.4) is 0 Å². The summed E-state index contributed by atoms with van der Waals surface area (Å²) < 4.78 is 13.3. The molecule has 2 rings (SSSR count). The van der Waals surface area contributed by atoms with E-state index in [1.54, 1.807) is 18.2 Å². The second-order valence-corrected chi connectivity index (χ2v) is 6.15. The molecule has 0 saturated heterocycles. The zero-order valence-electron chi connectivity index (χ0n) is 9.68. The maximum atomic E-state index is 12.5. The lowest BCUT2D eigenvalue weighted by Crippen LogP contribution is -1.98. The molecule has 2 aromatic carbocycles. The number of benzene rings is 2. The molecule has 0 amide bonds. The van der Waals surface area contributed by atoms with Crippen LogP contribution >= 0.6 is 15.9 Å². The van der Waals surface area contributed by atoms with E-state index in [4.69, 9.17) is 5.26 Å². The predicted molar refractivity (Wildman–Crippen MR) is 74.7 cm³/mol. The summed E-state index contributed by atoms with van der Waals surface area (Å²) in [5.74, 6) is 0. The summed E-state index contributed by atoms with van der Waals surface area (Å²) in [5.41, 5.74) is 1.34. The van der Waals surface area contributed by atoms with Crippen molar-refractivity contribution < 1.29 is 4.21 Å². The molecule has 0 saturated carbocycles. The van der Waals surface area contributed by atoms with E-state index < -0.39 is 10.8 Å². The highest BCUT2D eigenvalue weighted by Gasteiger charge is 2.13. The number of halogens is 1. The fourth-order valence-corrected chi connectivity index (χ4v) is 3.48. The van der Waals surface area contributed by atoms with Crippen molar-refractivity contribution in [3.8, 4) is 6.07 Å². The lowest BCUT2D eigenvalue weighted by atomic mass is 10.1. The molecule has 18 heavy (non-hydrogen) atoms. The number of hydrogen-bond acceptors (Lipinski definition) is 2. The second-order valence-electron chi connectivity index (χ2n) is 3.79. The maximum Gasteiger partial charge on any atom is 0.101 e. The van der Waals surface area contributed by atoms with Gasteiger partial charge in [0.1, 0.15) is 6.07 Å². The Morgan fingerprint density at radius 1 is 1.22 bits per heavy atom. The van der Waals surface area contributed by atoms with Crippen LogP contribution in [0.4, 0.5) is 0 Å². The van der Waals surface area contributed by atoms with E-state index in [1.165, 1.54) is 0 Å². The summed E-state index contributed by atoms with van der Waals surface area (Å²) in [6.45, 7) is 1.85. The highest BCUT2D eigenvalue weighted by Crippen LogP contribution is 2.24. The van der Waals surface area contributed by atoms with Crippen molar-refractivity contribution in [3.05, 3.63) is 58.1 Å². The van der Waals surface area contributed by atoms with E-state index in [9.17, 15) is 4.21 Å². The maximum absolute atomic E-state index is 12.5. The first-order valence-electron chi connectivity index (χ1n) is 5.30. The van der Waals surface area contributed by atoms with E-state index in [0.717, 1.165) is 10.0 Å². The molecule has 0 heterocycles. The van der Waals surface area contributed by atoms with Crippen LogP contribution in [0.15, 0.2) is 56.7 Å². The number of nitrogens with zero attached hydrogens (tertiary/aromatic N) is 1. The van der Waals surface area contributed by atoms with Gasteiger partial charge in [-0.25, -0.2) is 4.21 Å². The molecule has 0 radical (unpaired) electrons. The molecular formula is C14H10BrNOS. The fraction of sp³-hybridized carbons (Fsp3) is 0.0714. The predicted octanol–water partition coefficient (Wildman–Crippen LogP) is 3.80. The zero-order valence-corrected chi connectivity index (χ0v) is 12.1. The standard InChI is InChI=1S/C14H10BrNOS/c1-10-4-2-7-14(13(10)9-16)18(17)12-6-3-5-11(15)8-12/h2-8H,1H3. The number of rotatable bonds is 2. The smallest absolute Gasteiger partial charge is 0.101 e. The first-order valence-corrected chi connectivity index (χ1v) is 7.25. The van der Waals surface area contributed by atoms with Crippen molar-refractivity contribution in [1.82, 2.24) is 0 Å². The molecule has 0 fully saturated rings. The Morgan fingerprint density at radius 3 is 2.61 bits per heavy atom. The van der Waals surface area contributed by atoms with Crippen LogP contribution in [0.5, 0.6) is 0 Å². The van der Waals surface area contributed by atoms with Gasteiger partial charge in [0.05, 0.1) is 21.3 Å². The van der Waals surface area contributed by atoms with Gasteiger partial charge in [0.25, 0.3) is 0 Å². The topological polar surface area (TPSA) is 40.9 Å². The van der Waals surface area contributed by atoms with Crippen molar-refractivity contribution in [3.63, 3.8) is 0 Å². The summed E-state index contributed by atoms with van der Waals surface area (Å²) in [5, 5.41) is 9.16. The van der Waals surface area contributed by atoms with Crippen molar-refractivity contribution in [2.24, 2.45) is 0 Å². The van der Waals surface area contributed by atoms with Crippen LogP contribution in [-0.4, -0.2) is 4.21 Å². The van der Waals surface area contributed by atoms with Crippen molar-refractivity contribution in [2.45, 2.75) is 16.7 Å². The molecule has 0 aliphatic rings. The van der Waals surface area contributed by atoms with Gasteiger partial charge in [0, 0.05) is 9.37 Å². The minimum atomic E-state index is -1.33. The molecule has 0 N–H and O–H groups in total. The van der Waals surface area contributed by atoms with E-state index in [2.05, 4.69) is 22.0 Å². The SMILES string of the molecule is Cc1cccc(S(=O)c2cccc(Br)c2)c1C#N. The lowest BCUT2D eigenvalue weighted by Gasteiger charge is -2.06. The Labute approximate surface area is 117 Å². The van der Waals surface area contributed by atoms with Gasteiger partial charge in [-0.3, -0.25) is 0 Å². The van der Waals surface area contributed by atoms with Crippen LogP contribution in [0.2, 0.25) is 0 Å². The molecule has 4 heteroatoms. The number of hydrogen-bond donors (Lipinski definition) is 0. The second kappa shape index (κ2) is 5.47. The molecule has 2 nitrogen and oxygen atoms in total. The summed E-state index contributed by atoms with van der Waals surface area (Å²) in [7, 11) is -1.33. The van der Waals surface area contributed by atoms with Crippen LogP contribution < -0.4 is 0 Å². The summed E-state index contributed by atoms with van der Waals surface area (Å²) in [4.78, 5) is 1.25. The third-order valence-corrected chi connectivity index (χ3v) is 4.47. The highest BCUT2D eigenvalue weighted by atomic mass is 79.9. The molecule has 0 aromatic heterocycles. The summed E-state index contributed by atoms with van der Waals surface area (Å²) >= 11 is 3.35. The van der Waals surface area contributed by atoms with Gasteiger partial charge in [-0.1, -0.05) is 34.1 Å². The Morgan fingerprint density at radius 2 is 1.94 bits per heavy atom. The lowest BCUT2D eigenvalue weighted by molar-refractivity contribution is 0.683. The van der Waals surface area contributed by atoms with Crippen molar-refractivity contribution in [1.29, 1.82) is 5.26 Å². The van der Waals surface area contributed by atoms with Crippen molar-refractivity contribution in [2.75, 3.05) is 0 Å². The largest absolute Gasteiger partial charge is 0.249 e. The van der Waals surface area contributed by atoms with Gasteiger partial charge >= 0.3 is 0 Å². The van der Waals surface area contributed by atoms with Crippen molar-refractivity contribution >= 4 is 26.7 Å². The van der Waals surface area contributed by atoms with Crippen LogP contribution in [0, 0.1) is 18.3 Å². The third-order valence-electron chi connectivity index (χ3n) is 2.56. The van der Waals surface area contributed by atoms with Gasteiger partial charge in [-0.15, -0.1) is 0 Å². The molecule has 0 aliphatic heterocycles. The van der Waals surface area contributed by atoms with Gasteiger partial charge in [0.2, 0.25) is 0 Å². The molecule has 1 atom stereocenters. The van der Waals surface area contributed by atoms with Crippen LogP contribution in [0.1, 0.15) is 11.1 Å². The summed E-state index contributed by atoms with van der Waals surface area (Å²) in [6.07, 6.45) is 0. The fourth-order valence-electron chi connectivity index (χ4n) is 1.65. The van der Waals surface area contributed by atoms with E-state index >= 15 is 0 Å². The normalized spacial score (nSPS) is 11.8. The molecule has 0 bridgehead atoms. The Bertz CT molecular complexity index is 661. The number of nitriles is 1. The van der Waals surface area contributed by atoms with E-state index in [1.807, 2.05) is 31.2 Å². The van der Waals surface area contributed by atoms with Gasteiger partial charge < -0.3 is 0 Å². The van der Waals surface area contributed by atoms with E-state index in [-0.39, 0.29) is 0 Å². The Kier molecular flexibility index (Phi) is 3.95. The molecule has 0 aliphatic carbocycles.